The Morgan fingerprint density at radius 2 is 1.80 bits per heavy atom. The molecule has 2 aromatic carbocycles. The van der Waals surface area contributed by atoms with Gasteiger partial charge in [-0.2, -0.15) is 5.26 Å². The number of rotatable bonds is 2. The van der Waals surface area contributed by atoms with Crippen LogP contribution in [-0.4, -0.2) is 4.98 Å². The molecule has 0 N–H and O–H groups in total. The molecule has 0 bridgehead atoms. The molecule has 1 aromatic heterocycles. The van der Waals surface area contributed by atoms with Crippen molar-refractivity contribution >= 4 is 10.8 Å². The molecule has 0 fully saturated rings. The monoisotopic (exact) mass is 260 g/mol. The summed E-state index contributed by atoms with van der Waals surface area (Å²) in [4.78, 5) is 4.21. The minimum Gasteiger partial charge on any atom is -0.455 e. The first kappa shape index (κ1) is 12.2. The maximum absolute atomic E-state index is 9.15. The molecule has 3 nitrogen and oxygen atoms in total. The Morgan fingerprint density at radius 3 is 2.50 bits per heavy atom. The number of aromatic nitrogens is 1. The summed E-state index contributed by atoms with van der Waals surface area (Å²) >= 11 is 0. The van der Waals surface area contributed by atoms with E-state index in [1.807, 2.05) is 49.4 Å². The van der Waals surface area contributed by atoms with Gasteiger partial charge in [-0.25, -0.2) is 0 Å². The van der Waals surface area contributed by atoms with Crippen LogP contribution in [0.25, 0.3) is 10.8 Å². The third kappa shape index (κ3) is 2.19. The average molecular weight is 260 g/mol. The van der Waals surface area contributed by atoms with Gasteiger partial charge in [-0.1, -0.05) is 24.3 Å². The van der Waals surface area contributed by atoms with E-state index in [2.05, 4.69) is 11.1 Å². The van der Waals surface area contributed by atoms with Gasteiger partial charge < -0.3 is 4.74 Å². The van der Waals surface area contributed by atoms with Gasteiger partial charge in [0.15, 0.2) is 0 Å². The normalized spacial score (nSPS) is 10.2. The summed E-state index contributed by atoms with van der Waals surface area (Å²) in [6, 6.07) is 17.3. The molecule has 0 aliphatic heterocycles. The maximum atomic E-state index is 9.15. The van der Waals surface area contributed by atoms with Gasteiger partial charge >= 0.3 is 0 Å². The van der Waals surface area contributed by atoms with Crippen molar-refractivity contribution in [3.05, 3.63) is 66.0 Å². The van der Waals surface area contributed by atoms with Crippen molar-refractivity contribution in [1.29, 1.82) is 5.26 Å². The fraction of sp³-hybridized carbons (Fsp3) is 0.0588. The number of nitrogens with zero attached hydrogens (tertiary/aromatic N) is 2. The zero-order valence-electron chi connectivity index (χ0n) is 11.0. The first-order chi connectivity index (χ1) is 9.78. The molecule has 0 unspecified atom stereocenters. The number of ether oxygens (including phenoxy) is 1. The van der Waals surface area contributed by atoms with E-state index in [4.69, 9.17) is 10.00 Å². The van der Waals surface area contributed by atoms with Gasteiger partial charge in [0.1, 0.15) is 11.5 Å². The van der Waals surface area contributed by atoms with Crippen molar-refractivity contribution in [2.24, 2.45) is 0 Å². The van der Waals surface area contributed by atoms with Gasteiger partial charge in [-0.3, -0.25) is 4.98 Å². The number of aryl methyl sites for hydroxylation is 1. The highest BCUT2D eigenvalue weighted by Gasteiger charge is 2.07. The number of hydrogen-bond donors (Lipinski definition) is 0. The molecule has 0 atom stereocenters. The van der Waals surface area contributed by atoms with Crippen LogP contribution in [0.1, 0.15) is 11.3 Å². The van der Waals surface area contributed by atoms with Gasteiger partial charge in [0.25, 0.3) is 0 Å². The zero-order valence-corrected chi connectivity index (χ0v) is 11.0. The minimum absolute atomic E-state index is 0.648. The van der Waals surface area contributed by atoms with Crippen LogP contribution in [0.3, 0.4) is 0 Å². The topological polar surface area (TPSA) is 45.9 Å². The molecular weight excluding hydrogens is 248 g/mol. The fourth-order valence-electron chi connectivity index (χ4n) is 2.10. The van der Waals surface area contributed by atoms with E-state index < -0.39 is 0 Å². The standard InChI is InChI=1S/C17H12N2O/c1-12-6-8-14(11-19-12)20-17-9-7-13(10-18)15-4-2-3-5-16(15)17/h2-9,11H,1H3. The summed E-state index contributed by atoms with van der Waals surface area (Å²) in [5, 5.41) is 11.0. The molecule has 20 heavy (non-hydrogen) atoms. The molecule has 0 amide bonds. The molecule has 3 aromatic rings. The highest BCUT2D eigenvalue weighted by atomic mass is 16.5. The number of fused-ring (bicyclic) bond motifs is 1. The largest absolute Gasteiger partial charge is 0.455 e. The summed E-state index contributed by atoms with van der Waals surface area (Å²) < 4.78 is 5.87. The summed E-state index contributed by atoms with van der Waals surface area (Å²) in [6.45, 7) is 1.93. The zero-order chi connectivity index (χ0) is 13.9. The molecule has 0 saturated heterocycles. The van der Waals surface area contributed by atoms with E-state index in [0.29, 0.717) is 11.3 Å². The van der Waals surface area contributed by atoms with E-state index in [9.17, 15) is 0 Å². The van der Waals surface area contributed by atoms with Gasteiger partial charge in [-0.05, 0) is 31.2 Å². The summed E-state index contributed by atoms with van der Waals surface area (Å²) in [6.07, 6.45) is 1.70. The molecule has 1 heterocycles. The average Bonchev–Trinajstić information content (AvgIpc) is 2.50. The van der Waals surface area contributed by atoms with E-state index in [1.165, 1.54) is 0 Å². The van der Waals surface area contributed by atoms with Crippen LogP contribution < -0.4 is 4.74 Å². The lowest BCUT2D eigenvalue weighted by atomic mass is 10.0. The molecule has 0 aliphatic rings. The van der Waals surface area contributed by atoms with Gasteiger partial charge in [-0.15, -0.1) is 0 Å². The lowest BCUT2D eigenvalue weighted by Gasteiger charge is -2.09. The van der Waals surface area contributed by atoms with Crippen LogP contribution in [-0.2, 0) is 0 Å². The second-order valence-electron chi connectivity index (χ2n) is 4.51. The van der Waals surface area contributed by atoms with E-state index >= 15 is 0 Å². The summed E-state index contributed by atoms with van der Waals surface area (Å²) in [5.74, 6) is 1.41. The molecule has 0 aliphatic carbocycles. The second-order valence-corrected chi connectivity index (χ2v) is 4.51. The van der Waals surface area contributed by atoms with Gasteiger partial charge in [0.05, 0.1) is 17.8 Å². The van der Waals surface area contributed by atoms with Gasteiger partial charge in [0.2, 0.25) is 0 Å². The third-order valence-corrected chi connectivity index (χ3v) is 3.12. The molecule has 0 spiro atoms. The fourth-order valence-corrected chi connectivity index (χ4v) is 2.10. The van der Waals surface area contributed by atoms with E-state index in [0.717, 1.165) is 22.2 Å². The van der Waals surface area contributed by atoms with E-state index in [1.54, 1.807) is 12.3 Å². The molecule has 3 rings (SSSR count). The second kappa shape index (κ2) is 5.02. The van der Waals surface area contributed by atoms with Crippen molar-refractivity contribution in [1.82, 2.24) is 4.98 Å². The Morgan fingerprint density at radius 1 is 1.00 bits per heavy atom. The molecule has 3 heteroatoms. The van der Waals surface area contributed by atoms with Crippen molar-refractivity contribution < 1.29 is 4.74 Å². The Kier molecular flexibility index (Phi) is 3.06. The number of pyridine rings is 1. The predicted octanol–water partition coefficient (Wildman–Crippen LogP) is 4.21. The van der Waals surface area contributed by atoms with Crippen LogP contribution in [0.5, 0.6) is 11.5 Å². The van der Waals surface area contributed by atoms with Crippen molar-refractivity contribution in [3.63, 3.8) is 0 Å². The highest BCUT2D eigenvalue weighted by Crippen LogP contribution is 2.31. The molecule has 96 valence electrons. The first-order valence-corrected chi connectivity index (χ1v) is 6.30. The Bertz CT molecular complexity index is 801. The Labute approximate surface area is 117 Å². The predicted molar refractivity (Wildman–Crippen MR) is 77.7 cm³/mol. The Balaban J connectivity index is 2.09. The lowest BCUT2D eigenvalue weighted by Crippen LogP contribution is -1.89. The summed E-state index contributed by atoms with van der Waals surface area (Å²) in [5.41, 5.74) is 1.59. The maximum Gasteiger partial charge on any atom is 0.145 e. The third-order valence-electron chi connectivity index (χ3n) is 3.12. The smallest absolute Gasteiger partial charge is 0.145 e. The number of benzene rings is 2. The van der Waals surface area contributed by atoms with Gasteiger partial charge in [0, 0.05) is 16.5 Å². The lowest BCUT2D eigenvalue weighted by molar-refractivity contribution is 0.485. The number of hydrogen-bond acceptors (Lipinski definition) is 3. The van der Waals surface area contributed by atoms with Crippen LogP contribution in [0.2, 0.25) is 0 Å². The van der Waals surface area contributed by atoms with Crippen LogP contribution in [0, 0.1) is 18.3 Å². The highest BCUT2D eigenvalue weighted by molar-refractivity contribution is 5.92. The van der Waals surface area contributed by atoms with Crippen molar-refractivity contribution in [2.45, 2.75) is 6.92 Å². The van der Waals surface area contributed by atoms with Crippen LogP contribution in [0.4, 0.5) is 0 Å². The molecular formula is C17H12N2O. The molecule has 0 saturated carbocycles. The molecule has 0 radical (unpaired) electrons. The Hall–Kier alpha value is -2.86. The van der Waals surface area contributed by atoms with E-state index in [-0.39, 0.29) is 0 Å². The van der Waals surface area contributed by atoms with Crippen molar-refractivity contribution in [3.8, 4) is 17.6 Å². The first-order valence-electron chi connectivity index (χ1n) is 6.30. The quantitative estimate of drug-likeness (QED) is 0.693. The van der Waals surface area contributed by atoms with Crippen LogP contribution in [0.15, 0.2) is 54.7 Å². The number of nitriles is 1. The van der Waals surface area contributed by atoms with Crippen LogP contribution >= 0.6 is 0 Å². The van der Waals surface area contributed by atoms with Crippen molar-refractivity contribution in [2.75, 3.05) is 0 Å². The summed E-state index contributed by atoms with van der Waals surface area (Å²) in [7, 11) is 0. The minimum atomic E-state index is 0.648. The SMILES string of the molecule is Cc1ccc(Oc2ccc(C#N)c3ccccc23)cn1.